The summed E-state index contributed by atoms with van der Waals surface area (Å²) in [5, 5.41) is 0. The van der Waals surface area contributed by atoms with Gasteiger partial charge in [-0.3, -0.25) is 0 Å². The fourth-order valence-electron chi connectivity index (χ4n) is 0.672. The van der Waals surface area contributed by atoms with Crippen LogP contribution in [0.15, 0.2) is 22.1 Å². The van der Waals surface area contributed by atoms with Crippen molar-refractivity contribution in [3.05, 3.63) is 31.9 Å². The highest BCUT2D eigenvalue weighted by Gasteiger charge is 1.91. The van der Waals surface area contributed by atoms with Gasteiger partial charge in [-0.05, 0) is 34.3 Å². The number of halogens is 2. The maximum Gasteiger partial charge on any atom is 0.0281 e. The largest absolute Gasteiger partial charge is 0.136 e. The topological polar surface area (TPSA) is 0 Å². The Morgan fingerprint density at radius 1 is 1.00 bits per heavy atom. The van der Waals surface area contributed by atoms with Crippen LogP contribution in [0.1, 0.15) is 9.75 Å². The minimum atomic E-state index is 1.25. The molecule has 0 saturated heterocycles. The Hall–Kier alpha value is 0.140. The van der Waals surface area contributed by atoms with E-state index < -0.39 is 0 Å². The molecule has 0 saturated carbocycles. The second-order valence-electron chi connectivity index (χ2n) is 1.83. The number of rotatable bonds is 2. The Morgan fingerprint density at radius 3 is 1.82 bits per heavy atom. The maximum atomic E-state index is 3.23. The molecule has 1 rings (SSSR count). The molecule has 1 aromatic rings. The molecule has 58 valence electrons. The molecule has 0 atom stereocenters. The summed E-state index contributed by atoms with van der Waals surface area (Å²) >= 11 is 8.21. The van der Waals surface area contributed by atoms with Gasteiger partial charge in [0, 0.05) is 9.75 Å². The van der Waals surface area contributed by atoms with Crippen LogP contribution in [0.3, 0.4) is 0 Å². The van der Waals surface area contributed by atoms with E-state index in [-0.39, 0.29) is 0 Å². The van der Waals surface area contributed by atoms with Crippen LogP contribution in [0.4, 0.5) is 0 Å². The lowest BCUT2D eigenvalue weighted by Crippen LogP contribution is -1.50. The smallest absolute Gasteiger partial charge is 0.0281 e. The van der Waals surface area contributed by atoms with Gasteiger partial charge in [-0.15, -0.1) is 11.3 Å². The zero-order valence-electron chi connectivity index (χ0n) is 5.63. The molecule has 0 bridgehead atoms. The molecular formula is C8H6Br2S. The highest BCUT2D eigenvalue weighted by atomic mass is 79.9. The van der Waals surface area contributed by atoms with Crippen molar-refractivity contribution in [2.24, 2.45) is 0 Å². The van der Waals surface area contributed by atoms with Gasteiger partial charge in [0.2, 0.25) is 0 Å². The predicted octanol–water partition coefficient (Wildman–Crippen LogP) is 4.48. The SMILES string of the molecule is Br/C=C\c1ccc(/C=C\Br)s1. The molecule has 0 aliphatic rings. The molecule has 0 unspecified atom stereocenters. The Morgan fingerprint density at radius 2 is 1.45 bits per heavy atom. The van der Waals surface area contributed by atoms with Crippen molar-refractivity contribution in [1.82, 2.24) is 0 Å². The van der Waals surface area contributed by atoms with Crippen LogP contribution < -0.4 is 0 Å². The van der Waals surface area contributed by atoms with Gasteiger partial charge in [-0.25, -0.2) is 0 Å². The first-order chi connectivity index (χ1) is 5.36. The first-order valence-electron chi connectivity index (χ1n) is 3.00. The summed E-state index contributed by atoms with van der Waals surface area (Å²) in [4.78, 5) is 6.23. The molecule has 0 fully saturated rings. The first kappa shape index (κ1) is 9.23. The third kappa shape index (κ3) is 2.93. The summed E-state index contributed by atoms with van der Waals surface area (Å²) in [5.74, 6) is 0. The fraction of sp³-hybridized carbons (Fsp3) is 0. The summed E-state index contributed by atoms with van der Waals surface area (Å²) in [6, 6.07) is 4.18. The normalized spacial score (nSPS) is 11.8. The summed E-state index contributed by atoms with van der Waals surface area (Å²) in [5.41, 5.74) is 0. The fourth-order valence-corrected chi connectivity index (χ4v) is 2.41. The van der Waals surface area contributed by atoms with E-state index in [0.29, 0.717) is 0 Å². The van der Waals surface area contributed by atoms with Crippen LogP contribution in [0.2, 0.25) is 0 Å². The highest BCUT2D eigenvalue weighted by molar-refractivity contribution is 9.11. The van der Waals surface area contributed by atoms with E-state index >= 15 is 0 Å². The molecule has 1 heterocycles. The second kappa shape index (κ2) is 4.91. The number of hydrogen-bond acceptors (Lipinski definition) is 1. The summed E-state index contributed by atoms with van der Waals surface area (Å²) in [6.45, 7) is 0. The predicted molar refractivity (Wildman–Crippen MR) is 60.2 cm³/mol. The third-order valence-corrected chi connectivity index (χ3v) is 2.65. The molecule has 0 aromatic carbocycles. The molecule has 3 heteroatoms. The third-order valence-electron chi connectivity index (χ3n) is 1.10. The van der Waals surface area contributed by atoms with Gasteiger partial charge in [0.05, 0.1) is 0 Å². The van der Waals surface area contributed by atoms with E-state index in [1.54, 1.807) is 11.3 Å². The lowest BCUT2D eigenvalue weighted by atomic mass is 10.4. The van der Waals surface area contributed by atoms with Gasteiger partial charge in [0.1, 0.15) is 0 Å². The van der Waals surface area contributed by atoms with Crippen molar-refractivity contribution in [2.45, 2.75) is 0 Å². The van der Waals surface area contributed by atoms with E-state index in [1.807, 2.05) is 22.1 Å². The second-order valence-corrected chi connectivity index (χ2v) is 4.03. The van der Waals surface area contributed by atoms with Crippen molar-refractivity contribution in [3.8, 4) is 0 Å². The molecule has 0 aliphatic carbocycles. The van der Waals surface area contributed by atoms with Crippen molar-refractivity contribution in [2.75, 3.05) is 0 Å². The van der Waals surface area contributed by atoms with Crippen molar-refractivity contribution >= 4 is 55.3 Å². The zero-order chi connectivity index (χ0) is 8.10. The Balaban J connectivity index is 2.81. The number of thiophene rings is 1. The van der Waals surface area contributed by atoms with Crippen LogP contribution in [-0.4, -0.2) is 0 Å². The van der Waals surface area contributed by atoms with E-state index in [0.717, 1.165) is 0 Å². The van der Waals surface area contributed by atoms with Gasteiger partial charge in [-0.1, -0.05) is 31.9 Å². The van der Waals surface area contributed by atoms with E-state index in [2.05, 4.69) is 44.0 Å². The molecule has 11 heavy (non-hydrogen) atoms. The lowest BCUT2D eigenvalue weighted by Gasteiger charge is -1.79. The molecule has 0 nitrogen and oxygen atoms in total. The quantitative estimate of drug-likeness (QED) is 0.754. The van der Waals surface area contributed by atoms with Crippen molar-refractivity contribution in [1.29, 1.82) is 0 Å². The van der Waals surface area contributed by atoms with Crippen LogP contribution in [0.5, 0.6) is 0 Å². The standard InChI is InChI=1S/C8H6Br2S/c9-5-3-7-1-2-8(11-7)4-6-10/h1-6H/b5-3-,6-4-. The lowest BCUT2D eigenvalue weighted by molar-refractivity contribution is 1.92. The molecular weight excluding hydrogens is 288 g/mol. The van der Waals surface area contributed by atoms with Gasteiger partial charge in [0.15, 0.2) is 0 Å². The monoisotopic (exact) mass is 292 g/mol. The van der Waals surface area contributed by atoms with Crippen LogP contribution in [0, 0.1) is 0 Å². The maximum absolute atomic E-state index is 3.23. The zero-order valence-corrected chi connectivity index (χ0v) is 9.62. The molecule has 0 radical (unpaired) electrons. The Labute approximate surface area is 86.9 Å². The first-order valence-corrected chi connectivity index (χ1v) is 5.65. The van der Waals surface area contributed by atoms with E-state index in [9.17, 15) is 0 Å². The Kier molecular flexibility index (Phi) is 4.12. The van der Waals surface area contributed by atoms with Gasteiger partial charge in [-0.2, -0.15) is 0 Å². The Bertz CT molecular complexity index is 247. The minimum absolute atomic E-state index is 1.25. The summed E-state index contributed by atoms with van der Waals surface area (Å²) in [6.07, 6.45) is 4.05. The van der Waals surface area contributed by atoms with E-state index in [4.69, 9.17) is 0 Å². The molecule has 0 spiro atoms. The van der Waals surface area contributed by atoms with E-state index in [1.165, 1.54) is 9.75 Å². The van der Waals surface area contributed by atoms with Crippen LogP contribution in [0.25, 0.3) is 12.2 Å². The van der Waals surface area contributed by atoms with Gasteiger partial charge < -0.3 is 0 Å². The van der Waals surface area contributed by atoms with Gasteiger partial charge >= 0.3 is 0 Å². The van der Waals surface area contributed by atoms with Crippen LogP contribution in [-0.2, 0) is 0 Å². The minimum Gasteiger partial charge on any atom is -0.136 e. The van der Waals surface area contributed by atoms with Crippen molar-refractivity contribution in [3.63, 3.8) is 0 Å². The molecule has 1 aromatic heterocycles. The number of hydrogen-bond donors (Lipinski definition) is 0. The molecule has 0 amide bonds. The van der Waals surface area contributed by atoms with Gasteiger partial charge in [0.25, 0.3) is 0 Å². The average Bonchev–Trinajstić information content (AvgIpc) is 2.38. The average molecular weight is 294 g/mol. The molecule has 0 aliphatic heterocycles. The summed E-state index contributed by atoms with van der Waals surface area (Å²) < 4.78 is 0. The van der Waals surface area contributed by atoms with Crippen LogP contribution >= 0.6 is 43.2 Å². The summed E-state index contributed by atoms with van der Waals surface area (Å²) in [7, 11) is 0. The molecule has 0 N–H and O–H groups in total. The highest BCUT2D eigenvalue weighted by Crippen LogP contribution is 2.19. The van der Waals surface area contributed by atoms with Crippen molar-refractivity contribution < 1.29 is 0 Å².